The van der Waals surface area contributed by atoms with Crippen LogP contribution in [0.15, 0.2) is 18.2 Å². The van der Waals surface area contributed by atoms with Crippen LogP contribution in [0.4, 0.5) is 0 Å². The first-order chi connectivity index (χ1) is 9.65. The summed E-state index contributed by atoms with van der Waals surface area (Å²) < 4.78 is 11.0. The fourth-order valence-corrected chi connectivity index (χ4v) is 2.38. The molecule has 1 heterocycles. The minimum Gasteiger partial charge on any atom is -0.493 e. The van der Waals surface area contributed by atoms with Crippen LogP contribution in [0.5, 0.6) is 11.5 Å². The van der Waals surface area contributed by atoms with E-state index < -0.39 is 6.10 Å². The van der Waals surface area contributed by atoms with Gasteiger partial charge in [0.05, 0.1) is 7.11 Å². The lowest BCUT2D eigenvalue weighted by Crippen LogP contribution is -2.38. The number of hydrogen-bond acceptors (Lipinski definition) is 4. The van der Waals surface area contributed by atoms with Gasteiger partial charge in [0.25, 0.3) is 5.91 Å². The molecule has 1 aromatic rings. The summed E-state index contributed by atoms with van der Waals surface area (Å²) in [4.78, 5) is 14.1. The van der Waals surface area contributed by atoms with Crippen molar-refractivity contribution in [2.75, 3.05) is 20.2 Å². The first-order valence-electron chi connectivity index (χ1n) is 6.98. The molecule has 0 saturated carbocycles. The van der Waals surface area contributed by atoms with Gasteiger partial charge in [0.15, 0.2) is 17.6 Å². The Morgan fingerprint density at radius 2 is 2.05 bits per heavy atom. The van der Waals surface area contributed by atoms with Gasteiger partial charge in [0, 0.05) is 19.6 Å². The van der Waals surface area contributed by atoms with Gasteiger partial charge in [-0.3, -0.25) is 4.79 Å². The molecule has 1 aliphatic rings. The smallest absolute Gasteiger partial charge is 0.263 e. The molecule has 1 amide bonds. The van der Waals surface area contributed by atoms with Crippen molar-refractivity contribution in [1.29, 1.82) is 0 Å². The molecule has 1 aromatic carbocycles. The molecule has 1 saturated heterocycles. The number of carbonyl (C=O) groups excluding carboxylic acids is 1. The summed E-state index contributed by atoms with van der Waals surface area (Å²) in [5, 5.41) is 0. The molecule has 0 aliphatic carbocycles. The fraction of sp³-hybridized carbons (Fsp3) is 0.533. The van der Waals surface area contributed by atoms with Gasteiger partial charge < -0.3 is 20.1 Å². The molecule has 0 spiro atoms. The average Bonchev–Trinajstić information content (AvgIpc) is 3.00. The zero-order valence-corrected chi connectivity index (χ0v) is 12.1. The van der Waals surface area contributed by atoms with E-state index in [1.807, 2.05) is 23.1 Å². The Morgan fingerprint density at radius 1 is 1.35 bits per heavy atom. The van der Waals surface area contributed by atoms with Gasteiger partial charge in [0.2, 0.25) is 0 Å². The predicted molar refractivity (Wildman–Crippen MR) is 76.8 cm³/mol. The summed E-state index contributed by atoms with van der Waals surface area (Å²) in [6.07, 6.45) is 1.63. The molecule has 2 rings (SSSR count). The second-order valence-electron chi connectivity index (χ2n) is 4.98. The van der Waals surface area contributed by atoms with Crippen LogP contribution in [0.25, 0.3) is 0 Å². The number of likely N-dealkylation sites (tertiary alicyclic amines) is 1. The van der Waals surface area contributed by atoms with Gasteiger partial charge in [-0.15, -0.1) is 0 Å². The predicted octanol–water partition coefficient (Wildman–Crippen LogP) is 1.54. The summed E-state index contributed by atoms with van der Waals surface area (Å²) in [6, 6.07) is 5.52. The summed E-state index contributed by atoms with van der Waals surface area (Å²) in [6.45, 7) is 3.85. The monoisotopic (exact) mass is 278 g/mol. The van der Waals surface area contributed by atoms with E-state index in [4.69, 9.17) is 15.2 Å². The summed E-state index contributed by atoms with van der Waals surface area (Å²) in [5.74, 6) is 1.21. The number of methoxy groups -OCH3 is 1. The van der Waals surface area contributed by atoms with Crippen molar-refractivity contribution >= 4 is 5.91 Å². The molecule has 0 bridgehead atoms. The zero-order valence-electron chi connectivity index (χ0n) is 12.1. The SMILES string of the molecule is COc1ccc(CN)cc1OC(C)C(=O)N1CCCC1. The Morgan fingerprint density at radius 3 is 2.65 bits per heavy atom. The average molecular weight is 278 g/mol. The van der Waals surface area contributed by atoms with Crippen molar-refractivity contribution in [2.24, 2.45) is 5.73 Å². The first-order valence-corrected chi connectivity index (χ1v) is 6.98. The molecular formula is C15H22N2O3. The van der Waals surface area contributed by atoms with Gasteiger partial charge in [0.1, 0.15) is 0 Å². The second-order valence-corrected chi connectivity index (χ2v) is 4.98. The van der Waals surface area contributed by atoms with Crippen LogP contribution in [0, 0.1) is 0 Å². The Kier molecular flexibility index (Phi) is 4.84. The van der Waals surface area contributed by atoms with Crippen LogP contribution in [0.3, 0.4) is 0 Å². The molecule has 2 N–H and O–H groups in total. The Bertz CT molecular complexity index is 470. The molecule has 20 heavy (non-hydrogen) atoms. The van der Waals surface area contributed by atoms with Crippen LogP contribution >= 0.6 is 0 Å². The maximum Gasteiger partial charge on any atom is 0.263 e. The number of ether oxygens (including phenoxy) is 2. The van der Waals surface area contributed by atoms with Crippen molar-refractivity contribution in [3.05, 3.63) is 23.8 Å². The molecule has 1 fully saturated rings. The van der Waals surface area contributed by atoms with E-state index in [-0.39, 0.29) is 5.91 Å². The van der Waals surface area contributed by atoms with Gasteiger partial charge >= 0.3 is 0 Å². The van der Waals surface area contributed by atoms with E-state index in [2.05, 4.69) is 0 Å². The van der Waals surface area contributed by atoms with Gasteiger partial charge in [-0.1, -0.05) is 6.07 Å². The number of nitrogens with zero attached hydrogens (tertiary/aromatic N) is 1. The van der Waals surface area contributed by atoms with Crippen LogP contribution in [0.1, 0.15) is 25.3 Å². The lowest BCUT2D eigenvalue weighted by molar-refractivity contribution is -0.136. The highest BCUT2D eigenvalue weighted by Crippen LogP contribution is 2.29. The van der Waals surface area contributed by atoms with E-state index in [1.165, 1.54) is 0 Å². The molecule has 5 heteroatoms. The van der Waals surface area contributed by atoms with Gasteiger partial charge in [-0.05, 0) is 37.5 Å². The third-order valence-corrected chi connectivity index (χ3v) is 3.53. The zero-order chi connectivity index (χ0) is 14.5. The maximum atomic E-state index is 12.2. The highest BCUT2D eigenvalue weighted by atomic mass is 16.5. The van der Waals surface area contributed by atoms with Crippen LogP contribution in [-0.2, 0) is 11.3 Å². The third kappa shape index (κ3) is 3.22. The highest BCUT2D eigenvalue weighted by Gasteiger charge is 2.25. The Hall–Kier alpha value is -1.75. The van der Waals surface area contributed by atoms with E-state index in [0.717, 1.165) is 31.5 Å². The number of carbonyl (C=O) groups is 1. The van der Waals surface area contributed by atoms with E-state index in [1.54, 1.807) is 14.0 Å². The van der Waals surface area contributed by atoms with Crippen molar-refractivity contribution < 1.29 is 14.3 Å². The van der Waals surface area contributed by atoms with Crippen LogP contribution in [-0.4, -0.2) is 37.1 Å². The van der Waals surface area contributed by atoms with Crippen LogP contribution < -0.4 is 15.2 Å². The fourth-order valence-electron chi connectivity index (χ4n) is 2.38. The van der Waals surface area contributed by atoms with Crippen molar-refractivity contribution in [3.63, 3.8) is 0 Å². The summed E-state index contributed by atoms with van der Waals surface area (Å²) in [5.41, 5.74) is 6.57. The largest absolute Gasteiger partial charge is 0.493 e. The van der Waals surface area contributed by atoms with E-state index >= 15 is 0 Å². The minimum atomic E-state index is -0.518. The quantitative estimate of drug-likeness (QED) is 0.887. The number of nitrogens with two attached hydrogens (primary N) is 1. The third-order valence-electron chi connectivity index (χ3n) is 3.53. The van der Waals surface area contributed by atoms with Crippen molar-refractivity contribution in [1.82, 2.24) is 4.90 Å². The number of benzene rings is 1. The van der Waals surface area contributed by atoms with E-state index in [9.17, 15) is 4.79 Å². The molecule has 110 valence electrons. The van der Waals surface area contributed by atoms with Crippen molar-refractivity contribution in [2.45, 2.75) is 32.4 Å². The van der Waals surface area contributed by atoms with Gasteiger partial charge in [-0.25, -0.2) is 0 Å². The molecule has 1 unspecified atom stereocenters. The highest BCUT2D eigenvalue weighted by molar-refractivity contribution is 5.81. The number of hydrogen-bond donors (Lipinski definition) is 1. The maximum absolute atomic E-state index is 12.2. The van der Waals surface area contributed by atoms with Crippen LogP contribution in [0.2, 0.25) is 0 Å². The minimum absolute atomic E-state index is 0.0303. The summed E-state index contributed by atoms with van der Waals surface area (Å²) >= 11 is 0. The molecule has 5 nitrogen and oxygen atoms in total. The lowest BCUT2D eigenvalue weighted by atomic mass is 10.2. The summed E-state index contributed by atoms with van der Waals surface area (Å²) in [7, 11) is 1.58. The standard InChI is InChI=1S/C15H22N2O3/c1-11(15(18)17-7-3-4-8-17)20-14-9-12(10-16)5-6-13(14)19-2/h5-6,9,11H,3-4,7-8,10,16H2,1-2H3. The van der Waals surface area contributed by atoms with Crippen molar-refractivity contribution in [3.8, 4) is 11.5 Å². The van der Waals surface area contributed by atoms with E-state index in [0.29, 0.717) is 18.0 Å². The second kappa shape index (κ2) is 6.61. The molecular weight excluding hydrogens is 256 g/mol. The number of amides is 1. The van der Waals surface area contributed by atoms with Gasteiger partial charge in [-0.2, -0.15) is 0 Å². The lowest BCUT2D eigenvalue weighted by Gasteiger charge is -2.22. The normalized spacial score (nSPS) is 16.1. The Balaban J connectivity index is 2.09. The Labute approximate surface area is 119 Å². The molecule has 1 atom stereocenters. The molecule has 0 radical (unpaired) electrons. The first kappa shape index (κ1) is 14.7. The topological polar surface area (TPSA) is 64.8 Å². The molecule has 0 aromatic heterocycles. The molecule has 1 aliphatic heterocycles. The number of rotatable bonds is 5.